The van der Waals surface area contributed by atoms with Crippen LogP contribution in [0.1, 0.15) is 29.3 Å². The zero-order valence-corrected chi connectivity index (χ0v) is 14.4. The van der Waals surface area contributed by atoms with Gasteiger partial charge in [0, 0.05) is 31.3 Å². The van der Waals surface area contributed by atoms with Gasteiger partial charge < -0.3 is 15.0 Å². The summed E-state index contributed by atoms with van der Waals surface area (Å²) in [6.45, 7) is 7.84. The highest BCUT2D eigenvalue weighted by molar-refractivity contribution is 5.89. The molecule has 0 atom stereocenters. The van der Waals surface area contributed by atoms with E-state index in [-0.39, 0.29) is 6.03 Å². The van der Waals surface area contributed by atoms with E-state index >= 15 is 0 Å². The number of carbonyl (C=O) groups is 1. The van der Waals surface area contributed by atoms with Gasteiger partial charge in [-0.3, -0.25) is 0 Å². The van der Waals surface area contributed by atoms with Gasteiger partial charge in [0.15, 0.2) is 0 Å². The van der Waals surface area contributed by atoms with Gasteiger partial charge in [0.1, 0.15) is 0 Å². The first-order valence-electron chi connectivity index (χ1n) is 8.31. The van der Waals surface area contributed by atoms with E-state index in [2.05, 4.69) is 16.4 Å². The van der Waals surface area contributed by atoms with Crippen LogP contribution >= 0.6 is 0 Å². The van der Waals surface area contributed by atoms with Crippen molar-refractivity contribution >= 4 is 11.7 Å². The zero-order valence-electron chi connectivity index (χ0n) is 14.4. The predicted molar refractivity (Wildman–Crippen MR) is 94.5 cm³/mol. The number of hydrogen-bond acceptors (Lipinski definition) is 3. The van der Waals surface area contributed by atoms with Gasteiger partial charge in [-0.1, -0.05) is 12.1 Å². The number of amides is 2. The van der Waals surface area contributed by atoms with Crippen LogP contribution in [0.15, 0.2) is 30.3 Å². The fourth-order valence-corrected chi connectivity index (χ4v) is 3.05. The molecule has 1 aromatic heterocycles. The smallest absolute Gasteiger partial charge is 0.322 e. The van der Waals surface area contributed by atoms with Gasteiger partial charge in [0.2, 0.25) is 5.88 Å². The third kappa shape index (κ3) is 3.67. The number of fused-ring (bicyclic) bond motifs is 1. The van der Waals surface area contributed by atoms with E-state index in [4.69, 9.17) is 4.74 Å². The molecule has 3 rings (SSSR count). The first-order chi connectivity index (χ1) is 11.5. The van der Waals surface area contributed by atoms with Gasteiger partial charge in [-0.05, 0) is 49.6 Å². The number of urea groups is 1. The second-order valence-corrected chi connectivity index (χ2v) is 6.17. The van der Waals surface area contributed by atoms with Crippen molar-refractivity contribution in [2.75, 3.05) is 18.5 Å². The lowest BCUT2D eigenvalue weighted by molar-refractivity contribution is 0.205. The van der Waals surface area contributed by atoms with E-state index in [1.807, 2.05) is 49.9 Å². The maximum atomic E-state index is 12.5. The van der Waals surface area contributed by atoms with E-state index in [0.29, 0.717) is 25.6 Å². The molecule has 0 spiro atoms. The van der Waals surface area contributed by atoms with E-state index in [1.165, 1.54) is 0 Å². The van der Waals surface area contributed by atoms with Crippen LogP contribution in [0.25, 0.3) is 0 Å². The summed E-state index contributed by atoms with van der Waals surface area (Å²) in [7, 11) is 0. The lowest BCUT2D eigenvalue weighted by Gasteiger charge is -2.28. The number of nitrogens with zero attached hydrogens (tertiary/aromatic N) is 2. The number of pyridine rings is 1. The minimum absolute atomic E-state index is 0.0699. The molecule has 5 nitrogen and oxygen atoms in total. The number of aromatic nitrogens is 1. The maximum absolute atomic E-state index is 12.5. The normalized spacial score (nSPS) is 13.4. The average Bonchev–Trinajstić information content (AvgIpc) is 2.53. The van der Waals surface area contributed by atoms with E-state index in [9.17, 15) is 4.79 Å². The molecule has 0 fully saturated rings. The van der Waals surface area contributed by atoms with Crippen LogP contribution in [0, 0.1) is 13.8 Å². The highest BCUT2D eigenvalue weighted by atomic mass is 16.5. The molecule has 126 valence electrons. The number of aryl methyl sites for hydroxylation is 2. The molecule has 0 aliphatic carbocycles. The molecular weight excluding hydrogens is 302 g/mol. The molecule has 5 heteroatoms. The Morgan fingerprint density at radius 2 is 2.00 bits per heavy atom. The summed E-state index contributed by atoms with van der Waals surface area (Å²) in [5, 5.41) is 3.00. The van der Waals surface area contributed by atoms with Crippen LogP contribution in [0.2, 0.25) is 0 Å². The molecular formula is C19H23N3O2. The summed E-state index contributed by atoms with van der Waals surface area (Å²) in [5.41, 5.74) is 5.23. The molecule has 0 unspecified atom stereocenters. The van der Waals surface area contributed by atoms with Crippen LogP contribution in [-0.2, 0) is 13.0 Å². The number of benzene rings is 1. The lowest BCUT2D eigenvalue weighted by Crippen LogP contribution is -2.39. The fourth-order valence-electron chi connectivity index (χ4n) is 3.05. The van der Waals surface area contributed by atoms with Crippen molar-refractivity contribution in [2.45, 2.75) is 33.7 Å². The van der Waals surface area contributed by atoms with Crippen molar-refractivity contribution in [1.29, 1.82) is 0 Å². The Balaban J connectivity index is 1.69. The van der Waals surface area contributed by atoms with Gasteiger partial charge in [-0.2, -0.15) is 0 Å². The number of nitrogens with one attached hydrogen (secondary N) is 1. The second-order valence-electron chi connectivity index (χ2n) is 6.17. The quantitative estimate of drug-likeness (QED) is 0.936. The maximum Gasteiger partial charge on any atom is 0.322 e. The van der Waals surface area contributed by atoms with Crippen molar-refractivity contribution in [3.8, 4) is 5.88 Å². The average molecular weight is 325 g/mol. The number of anilines is 1. The molecule has 0 radical (unpaired) electrons. The second kappa shape index (κ2) is 6.91. The van der Waals surface area contributed by atoms with Crippen molar-refractivity contribution < 1.29 is 9.53 Å². The Hall–Kier alpha value is -2.56. The van der Waals surface area contributed by atoms with Crippen LogP contribution in [-0.4, -0.2) is 29.1 Å². The molecule has 2 heterocycles. The van der Waals surface area contributed by atoms with Gasteiger partial charge in [-0.25, -0.2) is 9.78 Å². The SMILES string of the molecule is CCOc1ccc2c(n1)CCN(C(=O)Nc1cc(C)cc(C)c1)C2. The molecule has 2 amide bonds. The fraction of sp³-hybridized carbons (Fsp3) is 0.368. The molecule has 1 aliphatic rings. The largest absolute Gasteiger partial charge is 0.478 e. The Labute approximate surface area is 142 Å². The molecule has 0 saturated carbocycles. The van der Waals surface area contributed by atoms with Crippen LogP contribution < -0.4 is 10.1 Å². The molecule has 1 aliphatic heterocycles. The third-order valence-corrected chi connectivity index (χ3v) is 4.08. The zero-order chi connectivity index (χ0) is 17.1. The predicted octanol–water partition coefficient (Wildman–Crippen LogP) is 3.69. The Bertz CT molecular complexity index is 738. The van der Waals surface area contributed by atoms with Gasteiger partial charge in [0.25, 0.3) is 0 Å². The molecule has 1 N–H and O–H groups in total. The van der Waals surface area contributed by atoms with Crippen LogP contribution in [0.4, 0.5) is 10.5 Å². The van der Waals surface area contributed by atoms with Crippen LogP contribution in [0.5, 0.6) is 5.88 Å². The van der Waals surface area contributed by atoms with Gasteiger partial charge in [0.05, 0.1) is 12.3 Å². The van der Waals surface area contributed by atoms with Crippen molar-refractivity contribution in [3.05, 3.63) is 52.7 Å². The summed E-state index contributed by atoms with van der Waals surface area (Å²) >= 11 is 0. The number of rotatable bonds is 3. The first kappa shape index (κ1) is 16.3. The summed E-state index contributed by atoms with van der Waals surface area (Å²) in [6.07, 6.45) is 0.747. The Kier molecular flexibility index (Phi) is 4.69. The molecule has 2 aromatic rings. The van der Waals surface area contributed by atoms with Gasteiger partial charge >= 0.3 is 6.03 Å². The summed E-state index contributed by atoms with van der Waals surface area (Å²) in [6, 6.07) is 9.86. The summed E-state index contributed by atoms with van der Waals surface area (Å²) in [5.74, 6) is 0.657. The van der Waals surface area contributed by atoms with Crippen molar-refractivity contribution in [2.24, 2.45) is 0 Å². The van der Waals surface area contributed by atoms with Crippen LogP contribution in [0.3, 0.4) is 0 Å². The standard InChI is InChI=1S/C19H23N3O2/c1-4-24-18-6-5-15-12-22(8-7-17(15)21-18)19(23)20-16-10-13(2)9-14(3)11-16/h5-6,9-11H,4,7-8,12H2,1-3H3,(H,20,23). The van der Waals surface area contributed by atoms with E-state index in [1.54, 1.807) is 0 Å². The van der Waals surface area contributed by atoms with E-state index < -0.39 is 0 Å². The van der Waals surface area contributed by atoms with E-state index in [0.717, 1.165) is 34.5 Å². The number of hydrogen-bond donors (Lipinski definition) is 1. The first-order valence-corrected chi connectivity index (χ1v) is 8.31. The lowest BCUT2D eigenvalue weighted by atomic mass is 10.1. The summed E-state index contributed by atoms with van der Waals surface area (Å²) < 4.78 is 5.44. The van der Waals surface area contributed by atoms with Crippen molar-refractivity contribution in [1.82, 2.24) is 9.88 Å². The third-order valence-electron chi connectivity index (χ3n) is 4.08. The van der Waals surface area contributed by atoms with Gasteiger partial charge in [-0.15, -0.1) is 0 Å². The number of carbonyl (C=O) groups excluding carboxylic acids is 1. The molecule has 0 bridgehead atoms. The molecule has 0 saturated heterocycles. The minimum Gasteiger partial charge on any atom is -0.478 e. The molecule has 1 aromatic carbocycles. The Morgan fingerprint density at radius 3 is 2.71 bits per heavy atom. The van der Waals surface area contributed by atoms with Crippen molar-refractivity contribution in [3.63, 3.8) is 0 Å². The minimum atomic E-state index is -0.0699. The highest BCUT2D eigenvalue weighted by Gasteiger charge is 2.22. The monoisotopic (exact) mass is 325 g/mol. The topological polar surface area (TPSA) is 54.5 Å². The molecule has 24 heavy (non-hydrogen) atoms. The summed E-state index contributed by atoms with van der Waals surface area (Å²) in [4.78, 5) is 18.9. The highest BCUT2D eigenvalue weighted by Crippen LogP contribution is 2.22. The Morgan fingerprint density at radius 1 is 1.25 bits per heavy atom. The number of ether oxygens (including phenoxy) is 1.